The first-order valence-corrected chi connectivity index (χ1v) is 6.33. The Kier molecular flexibility index (Phi) is 4.18. The Morgan fingerprint density at radius 1 is 1.16 bits per heavy atom. The first kappa shape index (κ1) is 13.1. The van der Waals surface area contributed by atoms with Gasteiger partial charge in [-0.05, 0) is 24.6 Å². The third-order valence-corrected chi connectivity index (χ3v) is 2.98. The molecule has 0 unspecified atom stereocenters. The molecular weight excluding hydrogens is 234 g/mol. The summed E-state index contributed by atoms with van der Waals surface area (Å²) in [5.74, 6) is 1.69. The smallest absolute Gasteiger partial charge is 0.135 e. The summed E-state index contributed by atoms with van der Waals surface area (Å²) >= 11 is 0. The Labute approximate surface area is 114 Å². The zero-order valence-electron chi connectivity index (χ0n) is 11.4. The van der Waals surface area contributed by atoms with Gasteiger partial charge in [0.2, 0.25) is 0 Å². The van der Waals surface area contributed by atoms with Crippen LogP contribution in [-0.2, 0) is 6.54 Å². The molecule has 2 rings (SSSR count). The second-order valence-electron chi connectivity index (χ2n) is 4.43. The largest absolute Gasteiger partial charge is 0.373 e. The summed E-state index contributed by atoms with van der Waals surface area (Å²) in [6.07, 6.45) is 1.79. The summed E-state index contributed by atoms with van der Waals surface area (Å²) in [6.45, 7) is 6.63. The molecule has 0 spiro atoms. The highest BCUT2D eigenvalue weighted by molar-refractivity contribution is 5.64. The lowest BCUT2D eigenvalue weighted by molar-refractivity contribution is 1.11. The molecule has 1 aromatic heterocycles. The van der Waals surface area contributed by atoms with Crippen LogP contribution in [0.4, 0.5) is 11.6 Å². The Bertz CT molecular complexity index is 559. The van der Waals surface area contributed by atoms with E-state index in [0.717, 1.165) is 23.7 Å². The van der Waals surface area contributed by atoms with Gasteiger partial charge in [0, 0.05) is 19.2 Å². The van der Waals surface area contributed by atoms with Crippen molar-refractivity contribution in [2.45, 2.75) is 13.5 Å². The third-order valence-electron chi connectivity index (χ3n) is 2.98. The molecule has 1 aromatic carbocycles. The second kappa shape index (κ2) is 6.05. The molecule has 0 aliphatic heterocycles. The Morgan fingerprint density at radius 2 is 1.89 bits per heavy atom. The minimum Gasteiger partial charge on any atom is -0.373 e. The van der Waals surface area contributed by atoms with Crippen molar-refractivity contribution in [3.8, 4) is 0 Å². The molecular formula is C16H19N3. The molecule has 2 aromatic rings. The van der Waals surface area contributed by atoms with Crippen LogP contribution in [0.25, 0.3) is 6.08 Å². The molecule has 0 saturated heterocycles. The fraction of sp³-hybridized carbons (Fsp3) is 0.188. The van der Waals surface area contributed by atoms with Crippen molar-refractivity contribution < 1.29 is 0 Å². The fourth-order valence-electron chi connectivity index (χ4n) is 1.83. The highest BCUT2D eigenvalue weighted by atomic mass is 15.0. The van der Waals surface area contributed by atoms with E-state index in [4.69, 9.17) is 0 Å². The summed E-state index contributed by atoms with van der Waals surface area (Å²) in [7, 11) is 1.86. The van der Waals surface area contributed by atoms with Crippen molar-refractivity contribution in [1.82, 2.24) is 4.98 Å². The topological polar surface area (TPSA) is 37.0 Å². The molecule has 0 radical (unpaired) electrons. The second-order valence-corrected chi connectivity index (χ2v) is 4.43. The summed E-state index contributed by atoms with van der Waals surface area (Å²) in [6, 6.07) is 12.4. The van der Waals surface area contributed by atoms with Crippen molar-refractivity contribution in [3.05, 3.63) is 59.7 Å². The Hall–Kier alpha value is -2.29. The molecule has 2 N–H and O–H groups in total. The summed E-state index contributed by atoms with van der Waals surface area (Å²) in [5.41, 5.74) is 3.52. The lowest BCUT2D eigenvalue weighted by Crippen LogP contribution is -2.04. The van der Waals surface area contributed by atoms with E-state index >= 15 is 0 Å². The van der Waals surface area contributed by atoms with E-state index in [1.807, 2.05) is 19.2 Å². The SMILES string of the molecule is C=Cc1ccc(NCc2ccc(C)cc2)nc1NC. The van der Waals surface area contributed by atoms with Gasteiger partial charge in [0.1, 0.15) is 11.6 Å². The van der Waals surface area contributed by atoms with Crippen molar-refractivity contribution in [2.24, 2.45) is 0 Å². The fourth-order valence-corrected chi connectivity index (χ4v) is 1.83. The number of hydrogen-bond acceptors (Lipinski definition) is 3. The van der Waals surface area contributed by atoms with E-state index in [2.05, 4.69) is 53.4 Å². The standard InChI is InChI=1S/C16H19N3/c1-4-14-9-10-15(19-16(14)17-3)18-11-13-7-5-12(2)6-8-13/h4-10H,1,11H2,2-3H3,(H2,17,18,19). The maximum absolute atomic E-state index is 4.50. The van der Waals surface area contributed by atoms with Gasteiger partial charge in [0.05, 0.1) is 0 Å². The van der Waals surface area contributed by atoms with Crippen LogP contribution in [0.5, 0.6) is 0 Å². The predicted octanol–water partition coefficient (Wildman–Crippen LogP) is 3.69. The van der Waals surface area contributed by atoms with Crippen LogP contribution in [0.3, 0.4) is 0 Å². The molecule has 0 aliphatic carbocycles. The third kappa shape index (κ3) is 3.35. The number of pyridine rings is 1. The highest BCUT2D eigenvalue weighted by Gasteiger charge is 2.01. The molecule has 3 nitrogen and oxygen atoms in total. The number of aryl methyl sites for hydroxylation is 1. The molecule has 1 heterocycles. The molecule has 0 aliphatic rings. The Balaban J connectivity index is 2.07. The molecule has 0 saturated carbocycles. The normalized spacial score (nSPS) is 10.0. The van der Waals surface area contributed by atoms with Gasteiger partial charge in [0.25, 0.3) is 0 Å². The van der Waals surface area contributed by atoms with E-state index in [0.29, 0.717) is 0 Å². The van der Waals surface area contributed by atoms with Crippen LogP contribution >= 0.6 is 0 Å². The first-order valence-electron chi connectivity index (χ1n) is 6.33. The van der Waals surface area contributed by atoms with Gasteiger partial charge in [-0.15, -0.1) is 0 Å². The molecule has 3 heteroatoms. The van der Waals surface area contributed by atoms with Crippen LogP contribution in [0.15, 0.2) is 43.0 Å². The minimum absolute atomic E-state index is 0.768. The summed E-state index contributed by atoms with van der Waals surface area (Å²) in [4.78, 5) is 4.50. The average Bonchev–Trinajstić information content (AvgIpc) is 2.46. The van der Waals surface area contributed by atoms with Gasteiger partial charge in [-0.2, -0.15) is 0 Å². The van der Waals surface area contributed by atoms with Gasteiger partial charge < -0.3 is 10.6 Å². The van der Waals surface area contributed by atoms with E-state index in [-0.39, 0.29) is 0 Å². The number of nitrogens with one attached hydrogen (secondary N) is 2. The molecule has 0 bridgehead atoms. The molecule has 0 amide bonds. The number of aromatic nitrogens is 1. The van der Waals surface area contributed by atoms with E-state index in [1.165, 1.54) is 11.1 Å². The maximum Gasteiger partial charge on any atom is 0.135 e. The van der Waals surface area contributed by atoms with Gasteiger partial charge in [-0.25, -0.2) is 4.98 Å². The van der Waals surface area contributed by atoms with Crippen LogP contribution in [-0.4, -0.2) is 12.0 Å². The minimum atomic E-state index is 0.768. The lowest BCUT2D eigenvalue weighted by Gasteiger charge is -2.10. The number of nitrogens with zero attached hydrogens (tertiary/aromatic N) is 1. The molecule has 19 heavy (non-hydrogen) atoms. The van der Waals surface area contributed by atoms with E-state index in [1.54, 1.807) is 6.08 Å². The van der Waals surface area contributed by atoms with Gasteiger partial charge in [-0.1, -0.05) is 42.5 Å². The quantitative estimate of drug-likeness (QED) is 0.853. The first-order chi connectivity index (χ1) is 9.22. The zero-order chi connectivity index (χ0) is 13.7. The van der Waals surface area contributed by atoms with E-state index < -0.39 is 0 Å². The van der Waals surface area contributed by atoms with Crippen molar-refractivity contribution in [3.63, 3.8) is 0 Å². The molecule has 98 valence electrons. The monoisotopic (exact) mass is 253 g/mol. The van der Waals surface area contributed by atoms with Gasteiger partial charge >= 0.3 is 0 Å². The van der Waals surface area contributed by atoms with Crippen LogP contribution in [0, 0.1) is 6.92 Å². The lowest BCUT2D eigenvalue weighted by atomic mass is 10.1. The van der Waals surface area contributed by atoms with Crippen molar-refractivity contribution >= 4 is 17.7 Å². The molecule has 0 atom stereocenters. The number of hydrogen-bond donors (Lipinski definition) is 2. The summed E-state index contributed by atoms with van der Waals surface area (Å²) in [5, 5.41) is 6.39. The van der Waals surface area contributed by atoms with Crippen molar-refractivity contribution in [2.75, 3.05) is 17.7 Å². The molecule has 0 fully saturated rings. The number of benzene rings is 1. The van der Waals surface area contributed by atoms with Gasteiger partial charge in [0.15, 0.2) is 0 Å². The maximum atomic E-state index is 4.50. The van der Waals surface area contributed by atoms with Crippen LogP contribution < -0.4 is 10.6 Å². The number of rotatable bonds is 5. The van der Waals surface area contributed by atoms with Crippen LogP contribution in [0.2, 0.25) is 0 Å². The Morgan fingerprint density at radius 3 is 2.53 bits per heavy atom. The van der Waals surface area contributed by atoms with Crippen molar-refractivity contribution in [1.29, 1.82) is 0 Å². The number of anilines is 2. The van der Waals surface area contributed by atoms with E-state index in [9.17, 15) is 0 Å². The summed E-state index contributed by atoms with van der Waals surface area (Å²) < 4.78 is 0. The zero-order valence-corrected chi connectivity index (χ0v) is 11.4. The van der Waals surface area contributed by atoms with Gasteiger partial charge in [-0.3, -0.25) is 0 Å². The van der Waals surface area contributed by atoms with Crippen LogP contribution in [0.1, 0.15) is 16.7 Å². The average molecular weight is 253 g/mol. The predicted molar refractivity (Wildman–Crippen MR) is 82.4 cm³/mol. The highest BCUT2D eigenvalue weighted by Crippen LogP contribution is 2.17.